The van der Waals surface area contributed by atoms with Crippen LogP contribution in [0, 0.1) is 0 Å². The summed E-state index contributed by atoms with van der Waals surface area (Å²) >= 11 is 15.9. The maximum atomic E-state index is 13.3. The molecule has 0 bridgehead atoms. The van der Waals surface area contributed by atoms with Gasteiger partial charge in [-0.25, -0.2) is 19.6 Å². The molecule has 1 atom stereocenters. The predicted molar refractivity (Wildman–Crippen MR) is 153 cm³/mol. The van der Waals surface area contributed by atoms with Crippen LogP contribution in [-0.4, -0.2) is 51.1 Å². The van der Waals surface area contributed by atoms with Gasteiger partial charge in [0.2, 0.25) is 0 Å². The van der Waals surface area contributed by atoms with Gasteiger partial charge in [0, 0.05) is 41.6 Å². The molecule has 208 valence electrons. The Kier molecular flexibility index (Phi) is 9.86. The molecule has 0 aromatic carbocycles. The Labute approximate surface area is 240 Å². The number of thiazole rings is 1. The fraction of sp³-hybridized carbons (Fsp3) is 0.520. The largest absolute Gasteiger partial charge is 0.444 e. The SMILES string of the molecule is CC(C)(C)OC(=O)NC(CCO)Cc1sc2c(N(Cc3nccs3)C(=O)OC(C)(C)C)cc(Cl)nc2c1Cl. The number of thiophene rings is 1. The minimum absolute atomic E-state index is 0.140. The third-order valence-corrected chi connectivity index (χ3v) is 7.61. The molecule has 3 aromatic heterocycles. The number of nitrogens with one attached hydrogen (secondary N) is 1. The molecule has 1 unspecified atom stereocenters. The van der Waals surface area contributed by atoms with Crippen LogP contribution < -0.4 is 10.2 Å². The van der Waals surface area contributed by atoms with Crippen molar-refractivity contribution in [3.63, 3.8) is 0 Å². The minimum atomic E-state index is -0.725. The first-order valence-electron chi connectivity index (χ1n) is 11.9. The highest BCUT2D eigenvalue weighted by atomic mass is 35.5. The van der Waals surface area contributed by atoms with Crippen LogP contribution in [0.15, 0.2) is 17.6 Å². The molecule has 2 amide bonds. The van der Waals surface area contributed by atoms with E-state index in [0.717, 1.165) is 0 Å². The molecular formula is C25H32Cl2N4O5S2. The maximum absolute atomic E-state index is 13.3. The van der Waals surface area contributed by atoms with E-state index < -0.39 is 29.4 Å². The molecule has 0 aliphatic rings. The van der Waals surface area contributed by atoms with Crippen molar-refractivity contribution in [1.82, 2.24) is 15.3 Å². The molecule has 38 heavy (non-hydrogen) atoms. The van der Waals surface area contributed by atoms with Crippen LogP contribution in [0.3, 0.4) is 0 Å². The lowest BCUT2D eigenvalue weighted by Gasteiger charge is -2.27. The van der Waals surface area contributed by atoms with Gasteiger partial charge in [0.25, 0.3) is 0 Å². The number of rotatable bonds is 8. The van der Waals surface area contributed by atoms with Gasteiger partial charge >= 0.3 is 12.2 Å². The number of nitrogens with zero attached hydrogens (tertiary/aromatic N) is 3. The molecule has 0 saturated heterocycles. The van der Waals surface area contributed by atoms with E-state index >= 15 is 0 Å². The Morgan fingerprint density at radius 2 is 1.84 bits per heavy atom. The second-order valence-electron chi connectivity index (χ2n) is 10.5. The van der Waals surface area contributed by atoms with E-state index in [0.29, 0.717) is 43.7 Å². The Morgan fingerprint density at radius 3 is 2.42 bits per heavy atom. The van der Waals surface area contributed by atoms with Crippen LogP contribution in [0.1, 0.15) is 57.8 Å². The van der Waals surface area contributed by atoms with E-state index in [1.54, 1.807) is 53.8 Å². The summed E-state index contributed by atoms with van der Waals surface area (Å²) in [5, 5.41) is 15.5. The van der Waals surface area contributed by atoms with E-state index in [1.165, 1.54) is 27.6 Å². The molecule has 9 nitrogen and oxygen atoms in total. The summed E-state index contributed by atoms with van der Waals surface area (Å²) in [5.41, 5.74) is -0.471. The number of aliphatic hydroxyl groups is 1. The van der Waals surface area contributed by atoms with Crippen LogP contribution in [-0.2, 0) is 22.4 Å². The summed E-state index contributed by atoms with van der Waals surface area (Å²) in [5.74, 6) is 0. The van der Waals surface area contributed by atoms with Gasteiger partial charge in [-0.05, 0) is 48.0 Å². The number of fused-ring (bicyclic) bond motifs is 1. The number of alkyl carbamates (subject to hydrolysis) is 1. The number of carbonyl (C=O) groups excluding carboxylic acids is 2. The Morgan fingerprint density at radius 1 is 1.16 bits per heavy atom. The topological polar surface area (TPSA) is 114 Å². The number of aliphatic hydroxyl groups excluding tert-OH is 1. The highest BCUT2D eigenvalue weighted by molar-refractivity contribution is 7.20. The number of ether oxygens (including phenoxy) is 2. The Hall–Kier alpha value is -2.18. The van der Waals surface area contributed by atoms with Gasteiger partial charge in [0.1, 0.15) is 26.9 Å². The van der Waals surface area contributed by atoms with Gasteiger partial charge < -0.3 is 19.9 Å². The molecule has 0 spiro atoms. The zero-order valence-corrected chi connectivity index (χ0v) is 25.3. The van der Waals surface area contributed by atoms with Crippen LogP contribution in [0.25, 0.3) is 10.2 Å². The molecule has 0 radical (unpaired) electrons. The summed E-state index contributed by atoms with van der Waals surface area (Å²) in [6.07, 6.45) is 1.12. The second-order valence-corrected chi connectivity index (χ2v) is 13.4. The lowest BCUT2D eigenvalue weighted by molar-refractivity contribution is 0.0495. The predicted octanol–water partition coefficient (Wildman–Crippen LogP) is 6.82. The van der Waals surface area contributed by atoms with Crippen LogP contribution in [0.5, 0.6) is 0 Å². The first-order chi connectivity index (χ1) is 17.7. The summed E-state index contributed by atoms with van der Waals surface area (Å²) in [4.78, 5) is 36.6. The van der Waals surface area contributed by atoms with Crippen molar-refractivity contribution >= 4 is 74.0 Å². The number of halogens is 2. The zero-order valence-electron chi connectivity index (χ0n) is 22.1. The van der Waals surface area contributed by atoms with Crippen LogP contribution in [0.2, 0.25) is 10.2 Å². The molecule has 0 aliphatic heterocycles. The van der Waals surface area contributed by atoms with Gasteiger partial charge in [-0.15, -0.1) is 22.7 Å². The van der Waals surface area contributed by atoms with Crippen molar-refractivity contribution in [3.05, 3.63) is 37.7 Å². The lowest BCUT2D eigenvalue weighted by atomic mass is 10.1. The molecule has 0 saturated carbocycles. The van der Waals surface area contributed by atoms with Gasteiger partial charge in [0.15, 0.2) is 0 Å². The molecule has 3 heterocycles. The molecule has 0 aliphatic carbocycles. The van der Waals surface area contributed by atoms with Gasteiger partial charge in [-0.1, -0.05) is 23.2 Å². The standard InChI is InChI=1S/C25H32Cl2N4O5S2/c1-24(2,3)35-22(33)29-14(7-9-32)11-16-19(27)20-21(38-16)15(12-17(26)30-20)31(13-18-28-8-10-37-18)23(34)36-25(4,5)6/h8,10,12,14,32H,7,9,11,13H2,1-6H3,(H,29,33). The summed E-state index contributed by atoms with van der Waals surface area (Å²) in [6, 6.07) is 1.15. The third kappa shape index (κ3) is 8.41. The minimum Gasteiger partial charge on any atom is -0.444 e. The Bertz CT molecular complexity index is 1270. The fourth-order valence-corrected chi connectivity index (χ4v) is 5.89. The van der Waals surface area contributed by atoms with Crippen molar-refractivity contribution < 1.29 is 24.2 Å². The van der Waals surface area contributed by atoms with Crippen molar-refractivity contribution in [3.8, 4) is 0 Å². The molecule has 3 rings (SSSR count). The van der Waals surface area contributed by atoms with E-state index in [-0.39, 0.29) is 18.3 Å². The number of amides is 2. The van der Waals surface area contributed by atoms with Gasteiger partial charge in [0.05, 0.1) is 22.0 Å². The smallest absolute Gasteiger partial charge is 0.415 e. The lowest BCUT2D eigenvalue weighted by Crippen LogP contribution is -2.40. The average molecular weight is 604 g/mol. The number of carbonyl (C=O) groups is 2. The van der Waals surface area contributed by atoms with E-state index in [4.69, 9.17) is 32.7 Å². The first kappa shape index (κ1) is 30.4. The van der Waals surface area contributed by atoms with Crippen LogP contribution >= 0.6 is 45.9 Å². The number of hydrogen-bond acceptors (Lipinski definition) is 9. The van der Waals surface area contributed by atoms with Crippen molar-refractivity contribution in [1.29, 1.82) is 0 Å². The Balaban J connectivity index is 2.01. The molecule has 2 N–H and O–H groups in total. The number of hydrogen-bond donors (Lipinski definition) is 2. The first-order valence-corrected chi connectivity index (χ1v) is 14.4. The third-order valence-electron chi connectivity index (χ3n) is 4.91. The van der Waals surface area contributed by atoms with Crippen molar-refractivity contribution in [2.45, 2.75) is 78.2 Å². The number of anilines is 1. The summed E-state index contributed by atoms with van der Waals surface area (Å²) in [7, 11) is 0. The number of aromatic nitrogens is 2. The van der Waals surface area contributed by atoms with Gasteiger partial charge in [-0.2, -0.15) is 0 Å². The van der Waals surface area contributed by atoms with E-state index in [1.807, 2.05) is 5.38 Å². The monoisotopic (exact) mass is 602 g/mol. The molecular weight excluding hydrogens is 571 g/mol. The maximum Gasteiger partial charge on any atom is 0.415 e. The molecule has 3 aromatic rings. The second kappa shape index (κ2) is 12.3. The number of pyridine rings is 1. The average Bonchev–Trinajstić information content (AvgIpc) is 3.38. The quantitative estimate of drug-likeness (QED) is 0.272. The van der Waals surface area contributed by atoms with Crippen LogP contribution in [0.4, 0.5) is 15.3 Å². The van der Waals surface area contributed by atoms with E-state index in [9.17, 15) is 14.7 Å². The van der Waals surface area contributed by atoms with Crippen molar-refractivity contribution in [2.24, 2.45) is 0 Å². The molecule has 13 heteroatoms. The molecule has 0 fully saturated rings. The van der Waals surface area contributed by atoms with E-state index in [2.05, 4.69) is 15.3 Å². The highest BCUT2D eigenvalue weighted by Gasteiger charge is 2.29. The zero-order chi connectivity index (χ0) is 28.3. The highest BCUT2D eigenvalue weighted by Crippen LogP contribution is 2.42. The summed E-state index contributed by atoms with van der Waals surface area (Å²) < 4.78 is 11.7. The normalized spacial score (nSPS) is 12.9. The van der Waals surface area contributed by atoms with Gasteiger partial charge in [-0.3, -0.25) is 4.90 Å². The van der Waals surface area contributed by atoms with Crippen molar-refractivity contribution in [2.75, 3.05) is 11.5 Å². The fourth-order valence-electron chi connectivity index (χ4n) is 3.48. The summed E-state index contributed by atoms with van der Waals surface area (Å²) in [6.45, 7) is 10.7.